The summed E-state index contributed by atoms with van der Waals surface area (Å²) in [6.45, 7) is 3.68. The van der Waals surface area contributed by atoms with Crippen molar-refractivity contribution in [1.29, 1.82) is 0 Å². The predicted octanol–water partition coefficient (Wildman–Crippen LogP) is 4.27. The highest BCUT2D eigenvalue weighted by Crippen LogP contribution is 2.35. The summed E-state index contributed by atoms with van der Waals surface area (Å²) in [6.07, 6.45) is 0. The van der Waals surface area contributed by atoms with Crippen molar-refractivity contribution >= 4 is 52.4 Å². The molecule has 0 unspecified atom stereocenters. The molecule has 2 aromatic rings. The van der Waals surface area contributed by atoms with Crippen LogP contribution >= 0.6 is 23.2 Å². The zero-order valence-corrected chi connectivity index (χ0v) is 17.9. The van der Waals surface area contributed by atoms with Crippen LogP contribution in [0, 0.1) is 6.92 Å². The molecule has 9 heteroatoms. The lowest BCUT2D eigenvalue weighted by Gasteiger charge is -2.17. The Balaban J connectivity index is 1.94. The fourth-order valence-corrected chi connectivity index (χ4v) is 3.26. The second-order valence-electron chi connectivity index (χ2n) is 6.33. The summed E-state index contributed by atoms with van der Waals surface area (Å²) < 4.78 is 10.3. The Hall–Kier alpha value is -3.03. The molecule has 2 amide bonds. The summed E-state index contributed by atoms with van der Waals surface area (Å²) in [5, 5.41) is 3.08. The van der Waals surface area contributed by atoms with Gasteiger partial charge in [-0.3, -0.25) is 9.59 Å². The van der Waals surface area contributed by atoms with Crippen molar-refractivity contribution in [2.24, 2.45) is 0 Å². The smallest absolute Gasteiger partial charge is 0.338 e. The average Bonchev–Trinajstić information content (AvgIpc) is 2.94. The molecule has 0 saturated carbocycles. The summed E-state index contributed by atoms with van der Waals surface area (Å²) in [7, 11) is 1.46. The third kappa shape index (κ3) is 3.99. The molecule has 7 nitrogen and oxygen atoms in total. The third-order valence-corrected chi connectivity index (χ3v) is 5.14. The minimum atomic E-state index is -0.713. The Kier molecular flexibility index (Phi) is 6.34. The van der Waals surface area contributed by atoms with Crippen LogP contribution in [-0.4, -0.2) is 31.5 Å². The van der Waals surface area contributed by atoms with Gasteiger partial charge in [0.25, 0.3) is 11.8 Å². The number of rotatable bonds is 6. The number of halogens is 2. The van der Waals surface area contributed by atoms with Crippen molar-refractivity contribution in [2.75, 3.05) is 23.9 Å². The van der Waals surface area contributed by atoms with E-state index >= 15 is 0 Å². The Morgan fingerprint density at radius 3 is 2.53 bits per heavy atom. The molecule has 2 aromatic carbocycles. The topological polar surface area (TPSA) is 84.9 Å². The molecule has 30 heavy (non-hydrogen) atoms. The molecule has 3 rings (SSSR count). The lowest BCUT2D eigenvalue weighted by atomic mass is 10.2. The maximum absolute atomic E-state index is 13.0. The highest BCUT2D eigenvalue weighted by Gasteiger charge is 2.39. The molecule has 0 aromatic heterocycles. The molecular formula is C21H18Cl2N2O5. The Morgan fingerprint density at radius 2 is 1.87 bits per heavy atom. The molecule has 0 bridgehead atoms. The van der Waals surface area contributed by atoms with Crippen molar-refractivity contribution in [3.8, 4) is 5.75 Å². The van der Waals surface area contributed by atoms with Crippen LogP contribution in [0.4, 0.5) is 11.4 Å². The maximum atomic E-state index is 13.0. The molecule has 0 spiro atoms. The molecular weight excluding hydrogens is 431 g/mol. The fourth-order valence-electron chi connectivity index (χ4n) is 2.90. The van der Waals surface area contributed by atoms with E-state index in [9.17, 15) is 14.4 Å². The number of carbonyl (C=O) groups excluding carboxylic acids is 3. The lowest BCUT2D eigenvalue weighted by molar-refractivity contribution is -0.120. The number of esters is 1. The van der Waals surface area contributed by atoms with Crippen LogP contribution in [0.1, 0.15) is 22.8 Å². The maximum Gasteiger partial charge on any atom is 0.338 e. The van der Waals surface area contributed by atoms with Gasteiger partial charge in [0.05, 0.1) is 30.7 Å². The van der Waals surface area contributed by atoms with Gasteiger partial charge in [-0.15, -0.1) is 0 Å². The summed E-state index contributed by atoms with van der Waals surface area (Å²) in [4.78, 5) is 38.6. The molecule has 1 aliphatic heterocycles. The Bertz CT molecular complexity index is 1080. The van der Waals surface area contributed by atoms with Crippen LogP contribution in [-0.2, 0) is 14.3 Å². The van der Waals surface area contributed by atoms with Crippen molar-refractivity contribution in [3.05, 3.63) is 63.3 Å². The monoisotopic (exact) mass is 448 g/mol. The van der Waals surface area contributed by atoms with Crippen molar-refractivity contribution in [3.63, 3.8) is 0 Å². The molecule has 1 N–H and O–H groups in total. The number of benzene rings is 2. The van der Waals surface area contributed by atoms with Crippen LogP contribution in [0.2, 0.25) is 5.02 Å². The quantitative estimate of drug-likeness (QED) is 0.524. The zero-order chi connectivity index (χ0) is 22.0. The minimum absolute atomic E-state index is 0.108. The minimum Gasteiger partial charge on any atom is -0.495 e. The van der Waals surface area contributed by atoms with Gasteiger partial charge in [-0.05, 0) is 43.7 Å². The van der Waals surface area contributed by atoms with Gasteiger partial charge in [-0.2, -0.15) is 0 Å². The molecule has 1 heterocycles. The zero-order valence-electron chi connectivity index (χ0n) is 16.4. The van der Waals surface area contributed by atoms with Crippen LogP contribution in [0.5, 0.6) is 5.75 Å². The standard InChI is InChI=1S/C21H18Cl2N2O5/c1-4-30-21(28)12-6-5-7-13(9-12)25-19(26)17(23)18(20(25)27)24-15-8-11(2)14(22)10-16(15)29-3/h5-10,24H,4H2,1-3H3. The van der Waals surface area contributed by atoms with E-state index in [1.54, 1.807) is 32.0 Å². The number of nitrogens with one attached hydrogen (secondary N) is 1. The summed E-state index contributed by atoms with van der Waals surface area (Å²) in [5.74, 6) is -1.56. The Morgan fingerprint density at radius 1 is 1.13 bits per heavy atom. The van der Waals surface area contributed by atoms with E-state index in [2.05, 4.69) is 5.32 Å². The average molecular weight is 449 g/mol. The molecule has 0 saturated heterocycles. The van der Waals surface area contributed by atoms with Gasteiger partial charge >= 0.3 is 5.97 Å². The lowest BCUT2D eigenvalue weighted by Crippen LogP contribution is -2.32. The number of anilines is 2. The molecule has 0 fully saturated rings. The third-order valence-electron chi connectivity index (χ3n) is 4.38. The van der Waals surface area contributed by atoms with Gasteiger partial charge in [0.15, 0.2) is 0 Å². The SMILES string of the molecule is CCOC(=O)c1cccc(N2C(=O)C(Cl)=C(Nc3cc(C)c(Cl)cc3OC)C2=O)c1. The number of carbonyl (C=O) groups is 3. The fraction of sp³-hybridized carbons (Fsp3) is 0.190. The van der Waals surface area contributed by atoms with Gasteiger partial charge < -0.3 is 14.8 Å². The van der Waals surface area contributed by atoms with Gasteiger partial charge in [-0.1, -0.05) is 29.3 Å². The predicted molar refractivity (Wildman–Crippen MR) is 114 cm³/mol. The first kappa shape index (κ1) is 21.7. The van der Waals surface area contributed by atoms with Crippen LogP contribution in [0.25, 0.3) is 0 Å². The van der Waals surface area contributed by atoms with Crippen LogP contribution < -0.4 is 15.0 Å². The van der Waals surface area contributed by atoms with E-state index < -0.39 is 17.8 Å². The van der Waals surface area contributed by atoms with Gasteiger partial charge in [0, 0.05) is 11.1 Å². The number of hydrogen-bond acceptors (Lipinski definition) is 6. The molecule has 1 aliphatic rings. The van der Waals surface area contributed by atoms with E-state index in [1.165, 1.54) is 25.3 Å². The first-order valence-electron chi connectivity index (χ1n) is 8.95. The number of ether oxygens (including phenoxy) is 2. The van der Waals surface area contributed by atoms with Crippen molar-refractivity contribution in [1.82, 2.24) is 0 Å². The molecule has 0 aliphatic carbocycles. The normalized spacial score (nSPS) is 13.7. The number of nitrogens with zero attached hydrogens (tertiary/aromatic N) is 1. The number of imide groups is 1. The molecule has 0 radical (unpaired) electrons. The largest absolute Gasteiger partial charge is 0.495 e. The first-order chi connectivity index (χ1) is 14.3. The van der Waals surface area contributed by atoms with Crippen molar-refractivity contribution in [2.45, 2.75) is 13.8 Å². The van der Waals surface area contributed by atoms with E-state index in [-0.39, 0.29) is 28.6 Å². The summed E-state index contributed by atoms with van der Waals surface area (Å²) in [6, 6.07) is 9.28. The van der Waals surface area contributed by atoms with Gasteiger partial charge in [-0.25, -0.2) is 9.69 Å². The number of amides is 2. The highest BCUT2D eigenvalue weighted by molar-refractivity contribution is 6.53. The summed E-state index contributed by atoms with van der Waals surface area (Å²) in [5.41, 5.74) is 1.47. The number of methoxy groups -OCH3 is 1. The molecule has 156 valence electrons. The number of aryl methyl sites for hydroxylation is 1. The van der Waals surface area contributed by atoms with Gasteiger partial charge in [0.1, 0.15) is 16.5 Å². The van der Waals surface area contributed by atoms with E-state index in [4.69, 9.17) is 32.7 Å². The highest BCUT2D eigenvalue weighted by atomic mass is 35.5. The first-order valence-corrected chi connectivity index (χ1v) is 9.71. The van der Waals surface area contributed by atoms with E-state index in [0.29, 0.717) is 16.5 Å². The second kappa shape index (κ2) is 8.77. The second-order valence-corrected chi connectivity index (χ2v) is 7.12. The number of hydrogen-bond donors (Lipinski definition) is 1. The Labute approximate surface area is 183 Å². The van der Waals surface area contributed by atoms with Crippen molar-refractivity contribution < 1.29 is 23.9 Å². The van der Waals surface area contributed by atoms with E-state index in [1.807, 2.05) is 0 Å². The van der Waals surface area contributed by atoms with Gasteiger partial charge in [0.2, 0.25) is 0 Å². The van der Waals surface area contributed by atoms with E-state index in [0.717, 1.165) is 10.5 Å². The van der Waals surface area contributed by atoms with Crippen LogP contribution in [0.3, 0.4) is 0 Å². The van der Waals surface area contributed by atoms with Crippen LogP contribution in [0.15, 0.2) is 47.1 Å². The molecule has 0 atom stereocenters. The summed E-state index contributed by atoms with van der Waals surface area (Å²) >= 11 is 12.3.